The molecule has 0 atom stereocenters. The van der Waals surface area contributed by atoms with E-state index in [0.29, 0.717) is 6.54 Å². The zero-order valence-electron chi connectivity index (χ0n) is 9.45. The predicted octanol–water partition coefficient (Wildman–Crippen LogP) is 3.76. The van der Waals surface area contributed by atoms with Crippen molar-refractivity contribution in [2.45, 2.75) is 36.1 Å². The van der Waals surface area contributed by atoms with Crippen LogP contribution < -0.4 is 5.73 Å². The van der Waals surface area contributed by atoms with E-state index >= 15 is 0 Å². The Balaban J connectivity index is 2.76. The van der Waals surface area contributed by atoms with E-state index < -0.39 is 0 Å². The Hall–Kier alpha value is -0.120. The van der Waals surface area contributed by atoms with Crippen LogP contribution in [0.15, 0.2) is 28.0 Å². The number of hydrogen-bond donors (Lipinski definition) is 1. The number of benzene rings is 1. The molecule has 0 saturated heterocycles. The van der Waals surface area contributed by atoms with Crippen molar-refractivity contribution in [2.75, 3.05) is 12.0 Å². The van der Waals surface area contributed by atoms with Crippen LogP contribution in [0.2, 0.25) is 0 Å². The Bertz CT molecular complexity index is 300. The van der Waals surface area contributed by atoms with Crippen molar-refractivity contribution in [3.63, 3.8) is 0 Å². The van der Waals surface area contributed by atoms with E-state index in [1.807, 2.05) is 11.8 Å². The third kappa shape index (κ3) is 3.74. The first-order chi connectivity index (χ1) is 7.33. The van der Waals surface area contributed by atoms with Gasteiger partial charge in [0.25, 0.3) is 0 Å². The van der Waals surface area contributed by atoms with Crippen LogP contribution in [0.5, 0.6) is 0 Å². The molecule has 0 spiro atoms. The van der Waals surface area contributed by atoms with Gasteiger partial charge in [-0.1, -0.05) is 19.4 Å². The van der Waals surface area contributed by atoms with Crippen molar-refractivity contribution in [1.82, 2.24) is 0 Å². The van der Waals surface area contributed by atoms with Crippen LogP contribution in [-0.4, -0.2) is 12.0 Å². The average Bonchev–Trinajstić information content (AvgIpc) is 2.29. The number of nitrogens with two attached hydrogens (primary N) is 1. The van der Waals surface area contributed by atoms with Crippen molar-refractivity contribution >= 4 is 23.5 Å². The van der Waals surface area contributed by atoms with Gasteiger partial charge in [0.15, 0.2) is 0 Å². The lowest BCUT2D eigenvalue weighted by atomic mass is 10.2. The molecule has 0 aromatic heterocycles. The molecule has 0 fully saturated rings. The Morgan fingerprint density at radius 3 is 2.60 bits per heavy atom. The summed E-state index contributed by atoms with van der Waals surface area (Å²) >= 11 is 3.71. The largest absolute Gasteiger partial charge is 0.326 e. The Labute approximate surface area is 101 Å². The monoisotopic (exact) mass is 241 g/mol. The molecule has 0 aliphatic heterocycles. The molecule has 0 heterocycles. The molecule has 15 heavy (non-hydrogen) atoms. The summed E-state index contributed by atoms with van der Waals surface area (Å²) in [5.41, 5.74) is 7.12. The maximum absolute atomic E-state index is 5.80. The minimum atomic E-state index is 0.644. The first-order valence-corrected chi connectivity index (χ1v) is 7.53. The van der Waals surface area contributed by atoms with E-state index in [1.54, 1.807) is 11.8 Å². The number of rotatable bonds is 6. The highest BCUT2D eigenvalue weighted by molar-refractivity contribution is 7.99. The number of unbranched alkanes of at least 4 members (excludes halogenated alkanes) is 1. The summed E-state index contributed by atoms with van der Waals surface area (Å²) in [5, 5.41) is 0. The standard InChI is InChI=1S/C12H19NS2/c1-3-4-8-15-12-7-5-6-11(14-2)10(12)9-13/h5-7H,3-4,8-9,13H2,1-2H3. The molecular formula is C12H19NS2. The van der Waals surface area contributed by atoms with E-state index in [9.17, 15) is 0 Å². The third-order valence-electron chi connectivity index (χ3n) is 2.27. The van der Waals surface area contributed by atoms with Gasteiger partial charge in [-0.3, -0.25) is 0 Å². The van der Waals surface area contributed by atoms with Crippen LogP contribution in [0.25, 0.3) is 0 Å². The fraction of sp³-hybridized carbons (Fsp3) is 0.500. The van der Waals surface area contributed by atoms with Crippen molar-refractivity contribution in [1.29, 1.82) is 0 Å². The molecule has 84 valence electrons. The number of thioether (sulfide) groups is 2. The van der Waals surface area contributed by atoms with Crippen LogP contribution in [0.4, 0.5) is 0 Å². The number of hydrogen-bond acceptors (Lipinski definition) is 3. The molecule has 0 aliphatic carbocycles. The van der Waals surface area contributed by atoms with E-state index in [4.69, 9.17) is 5.73 Å². The van der Waals surface area contributed by atoms with E-state index in [1.165, 1.54) is 33.9 Å². The molecule has 3 heteroatoms. The maximum atomic E-state index is 5.80. The first kappa shape index (κ1) is 12.9. The Kier molecular flexibility index (Phi) is 6.22. The summed E-state index contributed by atoms with van der Waals surface area (Å²) in [4.78, 5) is 2.68. The SMILES string of the molecule is CCCCSc1cccc(SC)c1CN. The third-order valence-corrected chi connectivity index (χ3v) is 4.28. The Morgan fingerprint density at radius 2 is 2.00 bits per heavy atom. The lowest BCUT2D eigenvalue weighted by Gasteiger charge is -2.11. The Morgan fingerprint density at radius 1 is 1.27 bits per heavy atom. The van der Waals surface area contributed by atoms with Crippen LogP contribution in [0.1, 0.15) is 25.3 Å². The smallest absolute Gasteiger partial charge is 0.0200 e. The summed E-state index contributed by atoms with van der Waals surface area (Å²) in [7, 11) is 0. The molecule has 0 amide bonds. The summed E-state index contributed by atoms with van der Waals surface area (Å²) in [6.07, 6.45) is 4.64. The lowest BCUT2D eigenvalue weighted by molar-refractivity contribution is 0.894. The molecule has 0 unspecified atom stereocenters. The van der Waals surface area contributed by atoms with Gasteiger partial charge in [0, 0.05) is 16.3 Å². The molecular weight excluding hydrogens is 222 g/mol. The minimum Gasteiger partial charge on any atom is -0.326 e. The summed E-state index contributed by atoms with van der Waals surface area (Å²) in [6.45, 7) is 2.87. The summed E-state index contributed by atoms with van der Waals surface area (Å²) in [5.74, 6) is 1.20. The second-order valence-corrected chi connectivity index (χ2v) is 5.33. The van der Waals surface area contributed by atoms with Gasteiger partial charge in [0.2, 0.25) is 0 Å². The van der Waals surface area contributed by atoms with Gasteiger partial charge in [-0.05, 0) is 36.1 Å². The van der Waals surface area contributed by atoms with Gasteiger partial charge in [-0.25, -0.2) is 0 Å². The van der Waals surface area contributed by atoms with E-state index in [0.717, 1.165) is 0 Å². The normalized spacial score (nSPS) is 10.6. The van der Waals surface area contributed by atoms with Crippen molar-refractivity contribution < 1.29 is 0 Å². The predicted molar refractivity (Wildman–Crippen MR) is 71.7 cm³/mol. The van der Waals surface area contributed by atoms with Crippen molar-refractivity contribution in [2.24, 2.45) is 5.73 Å². The fourth-order valence-electron chi connectivity index (χ4n) is 1.40. The highest BCUT2D eigenvalue weighted by atomic mass is 32.2. The van der Waals surface area contributed by atoms with Gasteiger partial charge in [-0.2, -0.15) is 0 Å². The second-order valence-electron chi connectivity index (χ2n) is 3.34. The summed E-state index contributed by atoms with van der Waals surface area (Å²) in [6, 6.07) is 6.46. The molecule has 1 rings (SSSR count). The first-order valence-electron chi connectivity index (χ1n) is 5.32. The topological polar surface area (TPSA) is 26.0 Å². The molecule has 0 aliphatic rings. The van der Waals surface area contributed by atoms with Crippen molar-refractivity contribution in [3.05, 3.63) is 23.8 Å². The highest BCUT2D eigenvalue weighted by Gasteiger charge is 2.05. The molecule has 0 radical (unpaired) electrons. The van der Waals surface area contributed by atoms with Gasteiger partial charge in [-0.15, -0.1) is 23.5 Å². The molecule has 2 N–H and O–H groups in total. The van der Waals surface area contributed by atoms with Gasteiger partial charge < -0.3 is 5.73 Å². The molecule has 1 nitrogen and oxygen atoms in total. The summed E-state index contributed by atoms with van der Waals surface area (Å²) < 4.78 is 0. The van der Waals surface area contributed by atoms with Crippen LogP contribution in [0.3, 0.4) is 0 Å². The van der Waals surface area contributed by atoms with E-state index in [-0.39, 0.29) is 0 Å². The zero-order chi connectivity index (χ0) is 11.1. The molecule has 1 aromatic rings. The average molecular weight is 241 g/mol. The zero-order valence-corrected chi connectivity index (χ0v) is 11.1. The quantitative estimate of drug-likeness (QED) is 0.606. The lowest BCUT2D eigenvalue weighted by Crippen LogP contribution is -2.00. The van der Waals surface area contributed by atoms with Gasteiger partial charge >= 0.3 is 0 Å². The van der Waals surface area contributed by atoms with Crippen LogP contribution in [-0.2, 0) is 6.54 Å². The molecule has 1 aromatic carbocycles. The van der Waals surface area contributed by atoms with Gasteiger partial charge in [0.1, 0.15) is 0 Å². The van der Waals surface area contributed by atoms with Crippen molar-refractivity contribution in [3.8, 4) is 0 Å². The van der Waals surface area contributed by atoms with E-state index in [2.05, 4.69) is 31.4 Å². The minimum absolute atomic E-state index is 0.644. The molecule has 0 bridgehead atoms. The van der Waals surface area contributed by atoms with Crippen LogP contribution in [0, 0.1) is 0 Å². The molecule has 0 saturated carbocycles. The second kappa shape index (κ2) is 7.20. The highest BCUT2D eigenvalue weighted by Crippen LogP contribution is 2.30. The maximum Gasteiger partial charge on any atom is 0.0200 e. The van der Waals surface area contributed by atoms with Gasteiger partial charge in [0.05, 0.1) is 0 Å². The van der Waals surface area contributed by atoms with Crippen LogP contribution >= 0.6 is 23.5 Å². The fourth-order valence-corrected chi connectivity index (χ4v) is 3.31.